The molecule has 0 aromatic heterocycles. The average molecular weight is 252 g/mol. The summed E-state index contributed by atoms with van der Waals surface area (Å²) in [6, 6.07) is 6.70. The van der Waals surface area contributed by atoms with E-state index < -0.39 is 12.1 Å². The molecule has 0 saturated carbocycles. The van der Waals surface area contributed by atoms with Gasteiger partial charge in [-0.05, 0) is 11.6 Å². The van der Waals surface area contributed by atoms with Gasteiger partial charge in [0, 0.05) is 11.1 Å². The minimum absolute atomic E-state index is 0.329. The molecule has 1 aliphatic heterocycles. The second-order valence-corrected chi connectivity index (χ2v) is 3.98. The van der Waals surface area contributed by atoms with Crippen LogP contribution in [0.25, 0.3) is 0 Å². The van der Waals surface area contributed by atoms with Gasteiger partial charge in [-0.25, -0.2) is 4.79 Å². The van der Waals surface area contributed by atoms with Crippen molar-refractivity contribution >= 4 is 23.5 Å². The summed E-state index contributed by atoms with van der Waals surface area (Å²) in [4.78, 5) is 22.4. The van der Waals surface area contributed by atoms with Gasteiger partial charge in [-0.1, -0.05) is 36.4 Å². The molecule has 1 amide bonds. The van der Waals surface area contributed by atoms with E-state index in [0.29, 0.717) is 5.02 Å². The van der Waals surface area contributed by atoms with Crippen LogP contribution in [0.3, 0.4) is 0 Å². The summed E-state index contributed by atoms with van der Waals surface area (Å²) in [7, 11) is 0. The van der Waals surface area contributed by atoms with Crippen LogP contribution < -0.4 is 5.32 Å². The maximum atomic E-state index is 11.3. The molecule has 5 heteroatoms. The zero-order valence-electron chi connectivity index (χ0n) is 8.85. The highest BCUT2D eigenvalue weighted by Crippen LogP contribution is 2.31. The number of β-lactam (4-membered cyclic amide) rings is 1. The van der Waals surface area contributed by atoms with E-state index in [1.807, 2.05) is 0 Å². The molecule has 1 aromatic carbocycles. The van der Waals surface area contributed by atoms with Gasteiger partial charge in [0.25, 0.3) is 5.91 Å². The molecular formula is C12H10ClNO3. The molecule has 17 heavy (non-hydrogen) atoms. The molecule has 1 fully saturated rings. The predicted molar refractivity (Wildman–Crippen MR) is 62.4 cm³/mol. The van der Waals surface area contributed by atoms with Gasteiger partial charge in [0.15, 0.2) is 0 Å². The maximum absolute atomic E-state index is 11.3. The third-order valence-electron chi connectivity index (χ3n) is 2.51. The van der Waals surface area contributed by atoms with Crippen LogP contribution in [-0.4, -0.2) is 18.0 Å². The first-order chi connectivity index (χ1) is 8.13. The highest BCUT2D eigenvalue weighted by molar-refractivity contribution is 6.31. The van der Waals surface area contributed by atoms with Crippen LogP contribution in [0.5, 0.6) is 0 Å². The summed E-state index contributed by atoms with van der Waals surface area (Å²) < 4.78 is 4.94. The summed E-state index contributed by atoms with van der Waals surface area (Å²) in [6.07, 6.45) is 0.190. The van der Waals surface area contributed by atoms with Crippen molar-refractivity contribution in [3.8, 4) is 0 Å². The van der Waals surface area contributed by atoms with E-state index in [1.54, 1.807) is 24.3 Å². The number of carbonyl (C=O) groups excluding carboxylic acids is 2. The largest absolute Gasteiger partial charge is 0.446 e. The second-order valence-electron chi connectivity index (χ2n) is 3.57. The van der Waals surface area contributed by atoms with Gasteiger partial charge in [-0.2, -0.15) is 0 Å². The number of ether oxygens (including phenoxy) is 1. The van der Waals surface area contributed by atoms with Crippen molar-refractivity contribution in [3.63, 3.8) is 0 Å². The molecule has 2 atom stereocenters. The van der Waals surface area contributed by atoms with Crippen LogP contribution in [0.4, 0.5) is 0 Å². The minimum atomic E-state index is -0.833. The fourth-order valence-corrected chi connectivity index (χ4v) is 1.88. The zero-order valence-corrected chi connectivity index (χ0v) is 9.61. The SMILES string of the molecule is C=CC(=O)O[C@H]1C(=O)N[C@H]1c1ccccc1Cl. The lowest BCUT2D eigenvalue weighted by Gasteiger charge is -2.36. The molecule has 1 heterocycles. The Kier molecular flexibility index (Phi) is 3.15. The summed E-state index contributed by atoms with van der Waals surface area (Å²) in [5.41, 5.74) is 0.732. The summed E-state index contributed by atoms with van der Waals surface area (Å²) in [5, 5.41) is 3.17. The van der Waals surface area contributed by atoms with Crippen molar-refractivity contribution in [2.24, 2.45) is 0 Å². The number of hydrogen-bond donors (Lipinski definition) is 1. The second kappa shape index (κ2) is 4.59. The Bertz CT molecular complexity index is 486. The first-order valence-corrected chi connectivity index (χ1v) is 5.39. The quantitative estimate of drug-likeness (QED) is 0.504. The Morgan fingerprint density at radius 3 is 2.76 bits per heavy atom. The molecule has 1 saturated heterocycles. The van der Waals surface area contributed by atoms with Crippen molar-refractivity contribution < 1.29 is 14.3 Å². The molecular weight excluding hydrogens is 242 g/mol. The van der Waals surface area contributed by atoms with E-state index in [1.165, 1.54) is 0 Å². The van der Waals surface area contributed by atoms with Crippen molar-refractivity contribution in [1.29, 1.82) is 0 Å². The Hall–Kier alpha value is -1.81. The number of amides is 1. The predicted octanol–water partition coefficient (Wildman–Crippen LogP) is 1.61. The van der Waals surface area contributed by atoms with Crippen LogP contribution in [0.2, 0.25) is 5.02 Å². The van der Waals surface area contributed by atoms with Gasteiger partial charge in [0.05, 0.1) is 0 Å². The number of carbonyl (C=O) groups is 2. The normalized spacial score (nSPS) is 22.3. The van der Waals surface area contributed by atoms with Crippen molar-refractivity contribution in [3.05, 3.63) is 47.5 Å². The number of esters is 1. The number of halogens is 1. The van der Waals surface area contributed by atoms with Crippen LogP contribution in [0, 0.1) is 0 Å². The average Bonchev–Trinajstić information content (AvgIpc) is 2.34. The minimum Gasteiger partial charge on any atom is -0.446 e. The lowest BCUT2D eigenvalue weighted by Crippen LogP contribution is -2.57. The van der Waals surface area contributed by atoms with Crippen molar-refractivity contribution in [1.82, 2.24) is 5.32 Å². The van der Waals surface area contributed by atoms with Gasteiger partial charge < -0.3 is 10.1 Å². The summed E-state index contributed by atoms with van der Waals surface area (Å²) >= 11 is 6.00. The van der Waals surface area contributed by atoms with E-state index >= 15 is 0 Å². The van der Waals surface area contributed by atoms with Gasteiger partial charge in [0.2, 0.25) is 6.10 Å². The number of rotatable bonds is 3. The Balaban J connectivity index is 2.18. The van der Waals surface area contributed by atoms with Crippen LogP contribution >= 0.6 is 11.6 Å². The molecule has 0 spiro atoms. The molecule has 88 valence electrons. The lowest BCUT2D eigenvalue weighted by atomic mass is 9.94. The highest BCUT2D eigenvalue weighted by Gasteiger charge is 2.43. The molecule has 0 radical (unpaired) electrons. The third kappa shape index (κ3) is 2.17. The zero-order chi connectivity index (χ0) is 12.4. The van der Waals surface area contributed by atoms with E-state index in [2.05, 4.69) is 11.9 Å². The van der Waals surface area contributed by atoms with Crippen LogP contribution in [0.15, 0.2) is 36.9 Å². The maximum Gasteiger partial charge on any atom is 0.331 e. The lowest BCUT2D eigenvalue weighted by molar-refractivity contribution is -0.162. The number of hydrogen-bond acceptors (Lipinski definition) is 3. The van der Waals surface area contributed by atoms with Gasteiger partial charge >= 0.3 is 5.97 Å². The van der Waals surface area contributed by atoms with Crippen LogP contribution in [0.1, 0.15) is 11.6 Å². The van der Waals surface area contributed by atoms with E-state index in [9.17, 15) is 9.59 Å². The molecule has 1 aromatic rings. The number of nitrogens with one attached hydrogen (secondary N) is 1. The van der Waals surface area contributed by atoms with Gasteiger partial charge in [-0.15, -0.1) is 0 Å². The fraction of sp³-hybridized carbons (Fsp3) is 0.167. The highest BCUT2D eigenvalue weighted by atomic mass is 35.5. The first kappa shape index (κ1) is 11.7. The molecule has 1 N–H and O–H groups in total. The molecule has 4 nitrogen and oxygen atoms in total. The third-order valence-corrected chi connectivity index (χ3v) is 2.85. The molecule has 0 bridgehead atoms. The topological polar surface area (TPSA) is 55.4 Å². The first-order valence-electron chi connectivity index (χ1n) is 5.01. The Labute approximate surface area is 103 Å². The van der Waals surface area contributed by atoms with E-state index in [4.69, 9.17) is 16.3 Å². The Morgan fingerprint density at radius 2 is 2.18 bits per heavy atom. The van der Waals surface area contributed by atoms with Crippen LogP contribution in [-0.2, 0) is 14.3 Å². The van der Waals surface area contributed by atoms with Crippen molar-refractivity contribution in [2.75, 3.05) is 0 Å². The summed E-state index contributed by atoms with van der Waals surface area (Å²) in [5.74, 6) is -0.952. The van der Waals surface area contributed by atoms with E-state index in [-0.39, 0.29) is 11.9 Å². The Morgan fingerprint density at radius 1 is 1.47 bits per heavy atom. The standard InChI is InChI=1S/C12H10ClNO3/c1-2-9(15)17-11-10(14-12(11)16)7-5-3-4-6-8(7)13/h2-6,10-11H,1H2,(H,14,16)/t10-,11+/m0/s1. The fourth-order valence-electron chi connectivity index (χ4n) is 1.63. The number of benzene rings is 1. The van der Waals surface area contributed by atoms with Gasteiger partial charge in [-0.3, -0.25) is 4.79 Å². The molecule has 0 aliphatic carbocycles. The van der Waals surface area contributed by atoms with Crippen molar-refractivity contribution in [2.45, 2.75) is 12.1 Å². The molecule has 0 unspecified atom stereocenters. The van der Waals surface area contributed by atoms with Gasteiger partial charge in [0.1, 0.15) is 6.04 Å². The summed E-state index contributed by atoms with van der Waals surface area (Å²) in [6.45, 7) is 3.28. The monoisotopic (exact) mass is 251 g/mol. The molecule has 1 aliphatic rings. The van der Waals surface area contributed by atoms with E-state index in [0.717, 1.165) is 11.6 Å². The smallest absolute Gasteiger partial charge is 0.331 e. The molecule has 2 rings (SSSR count).